The van der Waals surface area contributed by atoms with Crippen molar-refractivity contribution in [2.24, 2.45) is 0 Å². The Morgan fingerprint density at radius 3 is 2.43 bits per heavy atom. The molecule has 28 heavy (non-hydrogen) atoms. The molecule has 0 aromatic heterocycles. The van der Waals surface area contributed by atoms with Crippen molar-refractivity contribution in [3.8, 4) is 5.75 Å². The molecule has 1 aliphatic rings. The van der Waals surface area contributed by atoms with Crippen LogP contribution in [0, 0.1) is 6.92 Å². The predicted molar refractivity (Wildman–Crippen MR) is 107 cm³/mol. The highest BCUT2D eigenvalue weighted by molar-refractivity contribution is 5.85. The van der Waals surface area contributed by atoms with Crippen molar-refractivity contribution in [2.45, 2.75) is 51.7 Å². The van der Waals surface area contributed by atoms with Gasteiger partial charge in [-0.1, -0.05) is 56.3 Å². The van der Waals surface area contributed by atoms with E-state index in [9.17, 15) is 9.59 Å². The van der Waals surface area contributed by atoms with Crippen LogP contribution in [0.3, 0.4) is 0 Å². The number of rotatable bonds is 8. The van der Waals surface area contributed by atoms with E-state index >= 15 is 0 Å². The van der Waals surface area contributed by atoms with Gasteiger partial charge in [-0.25, -0.2) is 4.79 Å². The molecule has 0 bridgehead atoms. The molecule has 1 N–H and O–H groups in total. The predicted octanol–water partition coefficient (Wildman–Crippen LogP) is 4.06. The zero-order valence-electron chi connectivity index (χ0n) is 16.6. The highest BCUT2D eigenvalue weighted by atomic mass is 16.6. The molecule has 0 radical (unpaired) electrons. The molecule has 2 aromatic carbocycles. The van der Waals surface area contributed by atoms with Gasteiger partial charge in [0.2, 0.25) is 6.10 Å². The summed E-state index contributed by atoms with van der Waals surface area (Å²) in [5.41, 5.74) is 2.73. The van der Waals surface area contributed by atoms with Crippen molar-refractivity contribution in [1.82, 2.24) is 5.32 Å². The molecular weight excluding hydrogens is 354 g/mol. The Balaban J connectivity index is 1.65. The summed E-state index contributed by atoms with van der Waals surface area (Å²) in [7, 11) is 0. The van der Waals surface area contributed by atoms with E-state index in [1.807, 2.05) is 37.3 Å². The molecule has 5 heteroatoms. The third-order valence-electron chi connectivity index (χ3n) is 4.74. The molecule has 2 aromatic rings. The Morgan fingerprint density at radius 1 is 1.07 bits per heavy atom. The standard InChI is InChI=1S/C23H27NO4/c1-15(2)18-10-9-16(3)20(13-18)27-14-21(25)28-22(17-7-5-4-6-8-17)23(26)24-19-11-12-19/h4-10,13,15,19,22H,11-12,14H2,1-3H3,(H,24,26)/t22-/m1/s1. The van der Waals surface area contributed by atoms with Crippen molar-refractivity contribution in [3.63, 3.8) is 0 Å². The second-order valence-electron chi connectivity index (χ2n) is 7.53. The molecular formula is C23H27NO4. The number of ether oxygens (including phenoxy) is 2. The Kier molecular flexibility index (Phi) is 6.34. The number of carbonyl (C=O) groups excluding carboxylic acids is 2. The summed E-state index contributed by atoms with van der Waals surface area (Å²) in [4.78, 5) is 25.0. The maximum atomic E-state index is 12.5. The molecule has 0 unspecified atom stereocenters. The number of amides is 1. The Bertz CT molecular complexity index is 828. The first kappa shape index (κ1) is 19.9. The number of esters is 1. The van der Waals surface area contributed by atoms with Crippen molar-refractivity contribution in [1.29, 1.82) is 0 Å². The minimum Gasteiger partial charge on any atom is -0.482 e. The van der Waals surface area contributed by atoms with Crippen LogP contribution in [-0.2, 0) is 14.3 Å². The number of hydrogen-bond acceptors (Lipinski definition) is 4. The van der Waals surface area contributed by atoms with E-state index in [1.165, 1.54) is 0 Å². The minimum atomic E-state index is -0.971. The highest BCUT2D eigenvalue weighted by Gasteiger charge is 2.30. The third kappa shape index (κ3) is 5.35. The average molecular weight is 381 g/mol. The number of benzene rings is 2. The van der Waals surface area contributed by atoms with Gasteiger partial charge < -0.3 is 14.8 Å². The lowest BCUT2D eigenvalue weighted by Gasteiger charge is -2.18. The van der Waals surface area contributed by atoms with Crippen LogP contribution in [-0.4, -0.2) is 24.5 Å². The normalized spacial score (nSPS) is 14.4. The summed E-state index contributed by atoms with van der Waals surface area (Å²) in [6.45, 7) is 5.89. The molecule has 1 amide bonds. The minimum absolute atomic E-state index is 0.190. The highest BCUT2D eigenvalue weighted by Crippen LogP contribution is 2.25. The molecule has 0 aliphatic heterocycles. The van der Waals surface area contributed by atoms with E-state index in [2.05, 4.69) is 25.2 Å². The molecule has 0 spiro atoms. The van der Waals surface area contributed by atoms with E-state index < -0.39 is 12.1 Å². The lowest BCUT2D eigenvalue weighted by Crippen LogP contribution is -2.34. The number of aryl methyl sites for hydroxylation is 1. The second kappa shape index (κ2) is 8.91. The van der Waals surface area contributed by atoms with Gasteiger partial charge in [-0.05, 0) is 42.9 Å². The van der Waals surface area contributed by atoms with Crippen LogP contribution in [0.1, 0.15) is 55.4 Å². The van der Waals surface area contributed by atoms with Gasteiger partial charge in [0.25, 0.3) is 5.91 Å². The molecule has 1 aliphatic carbocycles. The van der Waals surface area contributed by atoms with Crippen molar-refractivity contribution >= 4 is 11.9 Å². The smallest absolute Gasteiger partial charge is 0.345 e. The molecule has 1 saturated carbocycles. The van der Waals surface area contributed by atoms with E-state index in [-0.39, 0.29) is 18.6 Å². The van der Waals surface area contributed by atoms with E-state index in [0.717, 1.165) is 24.0 Å². The zero-order chi connectivity index (χ0) is 20.1. The van der Waals surface area contributed by atoms with Gasteiger partial charge in [0.1, 0.15) is 5.75 Å². The molecule has 148 valence electrons. The number of hydrogen-bond donors (Lipinski definition) is 1. The maximum Gasteiger partial charge on any atom is 0.345 e. The van der Waals surface area contributed by atoms with Crippen LogP contribution in [0.15, 0.2) is 48.5 Å². The first-order valence-corrected chi connectivity index (χ1v) is 9.72. The van der Waals surface area contributed by atoms with Gasteiger partial charge in [0.15, 0.2) is 6.61 Å². The summed E-state index contributed by atoms with van der Waals surface area (Å²) in [6, 6.07) is 15.2. The quantitative estimate of drug-likeness (QED) is 0.701. The molecule has 1 atom stereocenters. The van der Waals surface area contributed by atoms with Crippen LogP contribution in [0.5, 0.6) is 5.75 Å². The lowest BCUT2D eigenvalue weighted by atomic mass is 10.0. The van der Waals surface area contributed by atoms with E-state index in [4.69, 9.17) is 9.47 Å². The zero-order valence-corrected chi connectivity index (χ0v) is 16.6. The molecule has 1 fully saturated rings. The SMILES string of the molecule is Cc1ccc(C(C)C)cc1OCC(=O)O[C@@H](C(=O)NC1CC1)c1ccccc1. The Hall–Kier alpha value is -2.82. The average Bonchev–Trinajstić information content (AvgIpc) is 3.49. The van der Waals surface area contributed by atoms with Gasteiger partial charge in [0.05, 0.1) is 0 Å². The fourth-order valence-electron chi connectivity index (χ4n) is 2.84. The largest absolute Gasteiger partial charge is 0.482 e. The fraction of sp³-hybridized carbons (Fsp3) is 0.391. The fourth-order valence-corrected chi connectivity index (χ4v) is 2.84. The van der Waals surface area contributed by atoms with Crippen LogP contribution in [0.4, 0.5) is 0 Å². The summed E-state index contributed by atoms with van der Waals surface area (Å²) < 4.78 is 11.2. The summed E-state index contributed by atoms with van der Waals surface area (Å²) in [5, 5.41) is 2.90. The summed E-state index contributed by atoms with van der Waals surface area (Å²) in [6.07, 6.45) is 0.965. The molecule has 3 rings (SSSR count). The van der Waals surface area contributed by atoms with E-state index in [0.29, 0.717) is 17.2 Å². The van der Waals surface area contributed by atoms with Crippen molar-refractivity contribution < 1.29 is 19.1 Å². The molecule has 5 nitrogen and oxygen atoms in total. The van der Waals surface area contributed by atoms with Gasteiger partial charge in [-0.15, -0.1) is 0 Å². The Labute approximate surface area is 166 Å². The van der Waals surface area contributed by atoms with Gasteiger partial charge in [-0.2, -0.15) is 0 Å². The van der Waals surface area contributed by atoms with Crippen molar-refractivity contribution in [3.05, 3.63) is 65.2 Å². The van der Waals surface area contributed by atoms with Crippen LogP contribution in [0.25, 0.3) is 0 Å². The second-order valence-corrected chi connectivity index (χ2v) is 7.53. The Morgan fingerprint density at radius 2 is 1.79 bits per heavy atom. The monoisotopic (exact) mass is 381 g/mol. The van der Waals surface area contributed by atoms with Crippen LogP contribution >= 0.6 is 0 Å². The lowest BCUT2D eigenvalue weighted by molar-refractivity contribution is -0.158. The number of nitrogens with one attached hydrogen (secondary N) is 1. The van der Waals surface area contributed by atoms with Gasteiger partial charge in [-0.3, -0.25) is 4.79 Å². The third-order valence-corrected chi connectivity index (χ3v) is 4.74. The summed E-state index contributed by atoms with van der Waals surface area (Å²) in [5.74, 6) is 0.152. The van der Waals surface area contributed by atoms with Gasteiger partial charge in [0, 0.05) is 11.6 Å². The molecule has 0 heterocycles. The first-order valence-electron chi connectivity index (χ1n) is 9.72. The van der Waals surface area contributed by atoms with E-state index in [1.54, 1.807) is 12.1 Å². The summed E-state index contributed by atoms with van der Waals surface area (Å²) >= 11 is 0. The van der Waals surface area contributed by atoms with Crippen molar-refractivity contribution in [2.75, 3.05) is 6.61 Å². The van der Waals surface area contributed by atoms with Crippen LogP contribution in [0.2, 0.25) is 0 Å². The topological polar surface area (TPSA) is 64.6 Å². The van der Waals surface area contributed by atoms with Crippen LogP contribution < -0.4 is 10.1 Å². The number of carbonyl (C=O) groups is 2. The maximum absolute atomic E-state index is 12.5. The van der Waals surface area contributed by atoms with Gasteiger partial charge >= 0.3 is 5.97 Å². The first-order chi connectivity index (χ1) is 13.4. The molecule has 0 saturated heterocycles.